The van der Waals surface area contributed by atoms with Gasteiger partial charge in [-0.05, 0) is 18.8 Å². The first-order chi connectivity index (χ1) is 18.0. The Hall–Kier alpha value is -4.27. The van der Waals surface area contributed by atoms with Gasteiger partial charge < -0.3 is 42.5 Å². The Labute approximate surface area is 218 Å². The van der Waals surface area contributed by atoms with Crippen molar-refractivity contribution < 1.29 is 29.1 Å². The number of imidazole rings is 2. The van der Waals surface area contributed by atoms with Crippen molar-refractivity contribution in [1.82, 2.24) is 35.9 Å². The van der Waals surface area contributed by atoms with Crippen LogP contribution in [0.2, 0.25) is 0 Å². The molecule has 0 bridgehead atoms. The SMILES string of the molecule is CC(C)CC(NC(=O)C(N)Cc1cnc[nH]1)C(=O)NC(CCC(N)=O)C(=O)NC(Cc1cnc[nH]1)C(=O)O. The number of carboxylic acid groups (broad SMARTS) is 1. The molecule has 0 aromatic carbocycles. The van der Waals surface area contributed by atoms with Gasteiger partial charge in [0.05, 0.1) is 18.7 Å². The van der Waals surface area contributed by atoms with Gasteiger partial charge in [-0.2, -0.15) is 0 Å². The van der Waals surface area contributed by atoms with Crippen molar-refractivity contribution in [2.75, 3.05) is 0 Å². The lowest BCUT2D eigenvalue weighted by Crippen LogP contribution is -2.57. The molecule has 0 spiro atoms. The van der Waals surface area contributed by atoms with Crippen molar-refractivity contribution in [1.29, 1.82) is 0 Å². The third-order valence-electron chi connectivity index (χ3n) is 5.58. The monoisotopic (exact) mass is 533 g/mol. The second-order valence-electron chi connectivity index (χ2n) is 9.32. The number of hydrogen-bond acceptors (Lipinski definition) is 8. The number of carbonyl (C=O) groups excluding carboxylic acids is 4. The largest absolute Gasteiger partial charge is 0.480 e. The van der Waals surface area contributed by atoms with Gasteiger partial charge in [-0.1, -0.05) is 13.8 Å². The number of nitrogens with one attached hydrogen (secondary N) is 5. The maximum atomic E-state index is 13.2. The van der Waals surface area contributed by atoms with Crippen molar-refractivity contribution in [2.45, 2.75) is 70.1 Å². The first-order valence-electron chi connectivity index (χ1n) is 12.1. The van der Waals surface area contributed by atoms with E-state index in [0.717, 1.165) is 0 Å². The highest BCUT2D eigenvalue weighted by atomic mass is 16.4. The number of hydrogen-bond donors (Lipinski definition) is 8. The van der Waals surface area contributed by atoms with E-state index in [2.05, 4.69) is 35.9 Å². The van der Waals surface area contributed by atoms with Crippen LogP contribution in [0.4, 0.5) is 0 Å². The second-order valence-corrected chi connectivity index (χ2v) is 9.32. The van der Waals surface area contributed by atoms with Gasteiger partial charge in [0.2, 0.25) is 23.6 Å². The Kier molecular flexibility index (Phi) is 11.4. The third kappa shape index (κ3) is 10.0. The fourth-order valence-electron chi connectivity index (χ4n) is 3.62. The van der Waals surface area contributed by atoms with Crippen molar-refractivity contribution in [3.8, 4) is 0 Å². The molecule has 10 N–H and O–H groups in total. The van der Waals surface area contributed by atoms with Crippen LogP contribution in [0.1, 0.15) is 44.5 Å². The van der Waals surface area contributed by atoms with Crippen LogP contribution in [0.15, 0.2) is 25.0 Å². The van der Waals surface area contributed by atoms with Crippen LogP contribution < -0.4 is 27.4 Å². The zero-order valence-electron chi connectivity index (χ0n) is 21.3. The van der Waals surface area contributed by atoms with E-state index >= 15 is 0 Å². The molecule has 0 saturated carbocycles. The van der Waals surface area contributed by atoms with Crippen molar-refractivity contribution in [3.63, 3.8) is 0 Å². The highest BCUT2D eigenvalue weighted by molar-refractivity contribution is 5.94. The van der Waals surface area contributed by atoms with Crippen LogP contribution in [-0.2, 0) is 36.8 Å². The number of rotatable bonds is 16. The van der Waals surface area contributed by atoms with Crippen molar-refractivity contribution in [3.05, 3.63) is 36.4 Å². The molecule has 208 valence electrons. The van der Waals surface area contributed by atoms with Gasteiger partial charge in [-0.25, -0.2) is 14.8 Å². The summed E-state index contributed by atoms with van der Waals surface area (Å²) < 4.78 is 0. The van der Waals surface area contributed by atoms with E-state index in [1.165, 1.54) is 25.0 Å². The molecule has 15 nitrogen and oxygen atoms in total. The lowest BCUT2D eigenvalue weighted by Gasteiger charge is -2.26. The van der Waals surface area contributed by atoms with Gasteiger partial charge >= 0.3 is 5.97 Å². The zero-order chi connectivity index (χ0) is 28.2. The molecular formula is C23H35N9O6. The summed E-state index contributed by atoms with van der Waals surface area (Å²) in [6.45, 7) is 3.70. The Morgan fingerprint density at radius 2 is 1.39 bits per heavy atom. The lowest BCUT2D eigenvalue weighted by atomic mass is 10.0. The molecule has 2 aromatic rings. The maximum absolute atomic E-state index is 13.2. The van der Waals surface area contributed by atoms with Gasteiger partial charge in [-0.3, -0.25) is 19.2 Å². The smallest absolute Gasteiger partial charge is 0.326 e. The minimum atomic E-state index is -1.33. The summed E-state index contributed by atoms with van der Waals surface area (Å²) in [5, 5.41) is 17.1. The summed E-state index contributed by atoms with van der Waals surface area (Å²) in [7, 11) is 0. The number of aromatic amines is 2. The number of aliphatic carboxylic acids is 1. The van der Waals surface area contributed by atoms with Crippen LogP contribution >= 0.6 is 0 Å². The molecular weight excluding hydrogens is 498 g/mol. The first-order valence-corrected chi connectivity index (χ1v) is 12.1. The van der Waals surface area contributed by atoms with Crippen LogP contribution in [0, 0.1) is 5.92 Å². The van der Waals surface area contributed by atoms with E-state index in [-0.39, 0.29) is 38.0 Å². The number of primary amides is 1. The van der Waals surface area contributed by atoms with Crippen molar-refractivity contribution in [2.24, 2.45) is 17.4 Å². The number of carbonyl (C=O) groups is 5. The predicted molar refractivity (Wildman–Crippen MR) is 134 cm³/mol. The molecule has 4 unspecified atom stereocenters. The maximum Gasteiger partial charge on any atom is 0.326 e. The summed E-state index contributed by atoms with van der Waals surface area (Å²) in [5.41, 5.74) is 12.3. The number of aromatic nitrogens is 4. The quantitative estimate of drug-likeness (QED) is 0.120. The molecule has 2 rings (SSSR count). The van der Waals surface area contributed by atoms with Crippen molar-refractivity contribution >= 4 is 29.6 Å². The highest BCUT2D eigenvalue weighted by Crippen LogP contribution is 2.09. The fourth-order valence-corrected chi connectivity index (χ4v) is 3.62. The number of amides is 4. The summed E-state index contributed by atoms with van der Waals surface area (Å²) in [4.78, 5) is 75.3. The summed E-state index contributed by atoms with van der Waals surface area (Å²) >= 11 is 0. The molecule has 0 fully saturated rings. The third-order valence-corrected chi connectivity index (χ3v) is 5.58. The van der Waals surface area contributed by atoms with E-state index in [4.69, 9.17) is 11.5 Å². The van der Waals surface area contributed by atoms with Gasteiger partial charge in [0.1, 0.15) is 18.1 Å². The molecule has 38 heavy (non-hydrogen) atoms. The minimum absolute atomic E-state index is 0.0152. The average molecular weight is 534 g/mol. The molecule has 0 aliphatic rings. The molecule has 0 radical (unpaired) electrons. The van der Waals surface area contributed by atoms with E-state index in [0.29, 0.717) is 11.4 Å². The van der Waals surface area contributed by atoms with E-state index < -0.39 is 53.8 Å². The molecule has 15 heteroatoms. The van der Waals surface area contributed by atoms with Gasteiger partial charge in [0.25, 0.3) is 0 Å². The van der Waals surface area contributed by atoms with E-state index in [1.54, 1.807) is 0 Å². The molecule has 2 aromatic heterocycles. The number of carboxylic acids is 1. The molecule has 0 aliphatic carbocycles. The lowest BCUT2D eigenvalue weighted by molar-refractivity contribution is -0.142. The first kappa shape index (κ1) is 30.0. The topological polar surface area (TPSA) is 251 Å². The van der Waals surface area contributed by atoms with Gasteiger partial charge in [-0.15, -0.1) is 0 Å². The van der Waals surface area contributed by atoms with E-state index in [1.807, 2.05) is 13.8 Å². The Bertz CT molecular complexity index is 1070. The van der Waals surface area contributed by atoms with Gasteiger partial charge in [0.15, 0.2) is 0 Å². The van der Waals surface area contributed by atoms with Crippen LogP contribution in [0.25, 0.3) is 0 Å². The minimum Gasteiger partial charge on any atom is -0.480 e. The molecule has 4 amide bonds. The van der Waals surface area contributed by atoms with Crippen LogP contribution in [0.5, 0.6) is 0 Å². The molecule has 0 saturated heterocycles. The van der Waals surface area contributed by atoms with Crippen LogP contribution in [-0.4, -0.2) is 78.8 Å². The Morgan fingerprint density at radius 1 is 0.868 bits per heavy atom. The van der Waals surface area contributed by atoms with Crippen LogP contribution in [0.3, 0.4) is 0 Å². The molecule has 0 aliphatic heterocycles. The normalized spacial score (nSPS) is 14.2. The fraction of sp³-hybridized carbons (Fsp3) is 0.522. The summed E-state index contributed by atoms with van der Waals surface area (Å²) in [6, 6.07) is -4.63. The Morgan fingerprint density at radius 3 is 1.89 bits per heavy atom. The standard InChI is InChI=1S/C23H35N9O6/c1-12(2)5-17(31-20(34)15(24)6-13-8-26-10-28-13)22(36)30-16(3-4-19(25)33)21(35)32-18(23(37)38)7-14-9-27-11-29-14/h8-12,15-18H,3-7,24H2,1-2H3,(H2,25,33)(H,26,28)(H,27,29)(H,30,36)(H,31,34)(H,32,35)(H,37,38). The number of nitrogens with zero attached hydrogens (tertiary/aromatic N) is 2. The predicted octanol–water partition coefficient (Wildman–Crippen LogP) is -1.90. The van der Waals surface area contributed by atoms with Gasteiger partial charge in [0, 0.05) is 43.0 Å². The summed E-state index contributed by atoms with van der Waals surface area (Å²) in [5.74, 6) is -4.12. The number of nitrogens with two attached hydrogens (primary N) is 2. The zero-order valence-corrected chi connectivity index (χ0v) is 21.3. The van der Waals surface area contributed by atoms with E-state index in [9.17, 15) is 29.1 Å². The average Bonchev–Trinajstić information content (AvgIpc) is 3.54. The second kappa shape index (κ2) is 14.5. The summed E-state index contributed by atoms with van der Waals surface area (Å²) in [6.07, 6.45) is 5.67. The Balaban J connectivity index is 2.12. The molecule has 2 heterocycles. The number of H-pyrrole nitrogens is 2. The highest BCUT2D eigenvalue weighted by Gasteiger charge is 2.31. The molecule has 4 atom stereocenters.